The molecule has 128 valence electrons. The number of hydrogen-bond acceptors (Lipinski definition) is 3. The van der Waals surface area contributed by atoms with Crippen molar-refractivity contribution in [2.24, 2.45) is 0 Å². The highest BCUT2D eigenvalue weighted by atomic mass is 19.1. The number of ether oxygens (including phenoxy) is 1. The van der Waals surface area contributed by atoms with Gasteiger partial charge in [0.15, 0.2) is 0 Å². The molecule has 2 N–H and O–H groups in total. The van der Waals surface area contributed by atoms with E-state index in [4.69, 9.17) is 4.74 Å². The summed E-state index contributed by atoms with van der Waals surface area (Å²) in [5.74, 6) is -0.252. The highest BCUT2D eigenvalue weighted by molar-refractivity contribution is 5.74. The number of urea groups is 1. The van der Waals surface area contributed by atoms with E-state index < -0.39 is 0 Å². The molecular weight excluding hydrogens is 297 g/mol. The number of halogens is 1. The van der Waals surface area contributed by atoms with Crippen LogP contribution < -0.4 is 15.5 Å². The fourth-order valence-electron chi connectivity index (χ4n) is 2.74. The van der Waals surface area contributed by atoms with E-state index in [1.165, 1.54) is 6.07 Å². The molecule has 1 heterocycles. The van der Waals surface area contributed by atoms with E-state index >= 15 is 0 Å². The lowest BCUT2D eigenvalue weighted by Crippen LogP contribution is -2.44. The molecule has 0 bridgehead atoms. The third kappa shape index (κ3) is 5.10. The molecule has 1 fully saturated rings. The summed E-state index contributed by atoms with van der Waals surface area (Å²) in [6.07, 6.45) is 1.67. The van der Waals surface area contributed by atoms with E-state index in [1.807, 2.05) is 24.8 Å². The molecule has 5 nitrogen and oxygen atoms in total. The molecule has 1 aliphatic rings. The summed E-state index contributed by atoms with van der Waals surface area (Å²) < 4.78 is 19.4. The van der Waals surface area contributed by atoms with Gasteiger partial charge in [-0.2, -0.15) is 0 Å². The maximum atomic E-state index is 14.2. The van der Waals surface area contributed by atoms with E-state index in [0.717, 1.165) is 31.5 Å². The van der Waals surface area contributed by atoms with Gasteiger partial charge in [-0.05, 0) is 44.4 Å². The molecule has 2 rings (SSSR count). The topological polar surface area (TPSA) is 53.6 Å². The van der Waals surface area contributed by atoms with Crippen molar-refractivity contribution in [3.8, 4) is 0 Å². The van der Waals surface area contributed by atoms with Crippen LogP contribution in [0, 0.1) is 5.82 Å². The number of carbonyl (C=O) groups is 1. The summed E-state index contributed by atoms with van der Waals surface area (Å²) in [6.45, 7) is 7.20. The Morgan fingerprint density at radius 1 is 1.30 bits per heavy atom. The molecule has 1 aromatic rings. The molecule has 1 saturated heterocycles. The molecule has 0 spiro atoms. The predicted octanol–water partition coefficient (Wildman–Crippen LogP) is 2.65. The number of carbonyl (C=O) groups excluding carboxylic acids is 1. The SMILES string of the molecule is CCN(CC)c1ccc(CNC(=O)NC2CCOCC2)cc1F. The van der Waals surface area contributed by atoms with E-state index in [0.29, 0.717) is 25.4 Å². The number of hydrogen-bond donors (Lipinski definition) is 2. The average Bonchev–Trinajstić information content (AvgIpc) is 2.56. The quantitative estimate of drug-likeness (QED) is 0.846. The Kier molecular flexibility index (Phi) is 6.65. The van der Waals surface area contributed by atoms with Gasteiger partial charge in [-0.3, -0.25) is 0 Å². The van der Waals surface area contributed by atoms with Crippen LogP contribution in [0.4, 0.5) is 14.9 Å². The van der Waals surface area contributed by atoms with Gasteiger partial charge in [0, 0.05) is 38.9 Å². The van der Waals surface area contributed by atoms with E-state index in [2.05, 4.69) is 10.6 Å². The Balaban J connectivity index is 1.85. The first-order valence-electron chi connectivity index (χ1n) is 8.29. The molecule has 0 unspecified atom stereocenters. The van der Waals surface area contributed by atoms with Gasteiger partial charge in [0.05, 0.1) is 5.69 Å². The van der Waals surface area contributed by atoms with Crippen LogP contribution in [0.15, 0.2) is 18.2 Å². The number of amides is 2. The van der Waals surface area contributed by atoms with Gasteiger partial charge in [0.25, 0.3) is 0 Å². The fraction of sp³-hybridized carbons (Fsp3) is 0.588. The van der Waals surface area contributed by atoms with E-state index in [9.17, 15) is 9.18 Å². The first-order chi connectivity index (χ1) is 11.1. The summed E-state index contributed by atoms with van der Waals surface area (Å²) >= 11 is 0. The second kappa shape index (κ2) is 8.72. The summed E-state index contributed by atoms with van der Waals surface area (Å²) in [4.78, 5) is 13.8. The molecule has 2 amide bonds. The Labute approximate surface area is 137 Å². The number of rotatable bonds is 6. The minimum absolute atomic E-state index is 0.158. The Bertz CT molecular complexity index is 515. The molecule has 0 aliphatic carbocycles. The molecule has 0 radical (unpaired) electrons. The van der Waals surface area contributed by atoms with Crippen LogP contribution in [0.25, 0.3) is 0 Å². The Hall–Kier alpha value is -1.82. The second-order valence-corrected chi connectivity index (χ2v) is 5.67. The fourth-order valence-corrected chi connectivity index (χ4v) is 2.74. The highest BCUT2D eigenvalue weighted by Gasteiger charge is 2.16. The van der Waals surface area contributed by atoms with Crippen molar-refractivity contribution in [2.45, 2.75) is 39.3 Å². The lowest BCUT2D eigenvalue weighted by atomic mass is 10.1. The molecular formula is C17H26FN3O2. The van der Waals surface area contributed by atoms with E-state index in [-0.39, 0.29) is 17.9 Å². The molecule has 0 aromatic heterocycles. The van der Waals surface area contributed by atoms with Crippen LogP contribution in [0.3, 0.4) is 0 Å². The van der Waals surface area contributed by atoms with Gasteiger partial charge in [-0.25, -0.2) is 9.18 Å². The molecule has 23 heavy (non-hydrogen) atoms. The van der Waals surface area contributed by atoms with Crippen LogP contribution in [0.1, 0.15) is 32.3 Å². The van der Waals surface area contributed by atoms with Crippen molar-refractivity contribution in [3.63, 3.8) is 0 Å². The minimum atomic E-state index is -0.252. The highest BCUT2D eigenvalue weighted by Crippen LogP contribution is 2.20. The summed E-state index contributed by atoms with van der Waals surface area (Å²) in [5, 5.41) is 5.70. The first kappa shape index (κ1) is 17.5. The van der Waals surface area contributed by atoms with Crippen molar-refractivity contribution >= 4 is 11.7 Å². The summed E-state index contributed by atoms with van der Waals surface area (Å²) in [6, 6.07) is 5.06. The van der Waals surface area contributed by atoms with Crippen LogP contribution in [0.2, 0.25) is 0 Å². The van der Waals surface area contributed by atoms with Crippen LogP contribution in [-0.2, 0) is 11.3 Å². The zero-order valence-electron chi connectivity index (χ0n) is 13.9. The van der Waals surface area contributed by atoms with Crippen molar-refractivity contribution in [1.29, 1.82) is 0 Å². The number of nitrogens with one attached hydrogen (secondary N) is 2. The van der Waals surface area contributed by atoms with Gasteiger partial charge in [0.1, 0.15) is 5.82 Å². The summed E-state index contributed by atoms with van der Waals surface area (Å²) in [5.41, 5.74) is 1.35. The predicted molar refractivity (Wildman–Crippen MR) is 89.2 cm³/mol. The lowest BCUT2D eigenvalue weighted by molar-refractivity contribution is 0.0801. The third-order valence-corrected chi connectivity index (χ3v) is 4.13. The van der Waals surface area contributed by atoms with Crippen molar-refractivity contribution in [2.75, 3.05) is 31.2 Å². The van der Waals surface area contributed by atoms with Crippen LogP contribution in [-0.4, -0.2) is 38.4 Å². The van der Waals surface area contributed by atoms with Crippen LogP contribution >= 0.6 is 0 Å². The second-order valence-electron chi connectivity index (χ2n) is 5.67. The third-order valence-electron chi connectivity index (χ3n) is 4.13. The van der Waals surface area contributed by atoms with Gasteiger partial charge in [-0.1, -0.05) is 6.07 Å². The largest absolute Gasteiger partial charge is 0.381 e. The van der Waals surface area contributed by atoms with E-state index in [1.54, 1.807) is 6.07 Å². The van der Waals surface area contributed by atoms with Crippen molar-refractivity contribution in [3.05, 3.63) is 29.6 Å². The number of nitrogens with zero attached hydrogens (tertiary/aromatic N) is 1. The molecule has 0 saturated carbocycles. The zero-order valence-corrected chi connectivity index (χ0v) is 13.9. The standard InChI is InChI=1S/C17H26FN3O2/c1-3-21(4-2)16-6-5-13(11-15(16)18)12-19-17(22)20-14-7-9-23-10-8-14/h5-6,11,14H,3-4,7-10,12H2,1-2H3,(H2,19,20,22). The first-order valence-corrected chi connectivity index (χ1v) is 8.29. The smallest absolute Gasteiger partial charge is 0.315 e. The van der Waals surface area contributed by atoms with Crippen molar-refractivity contribution < 1.29 is 13.9 Å². The van der Waals surface area contributed by atoms with Crippen molar-refractivity contribution in [1.82, 2.24) is 10.6 Å². The normalized spacial score (nSPS) is 15.3. The number of anilines is 1. The maximum Gasteiger partial charge on any atom is 0.315 e. The van der Waals surface area contributed by atoms with Crippen LogP contribution in [0.5, 0.6) is 0 Å². The minimum Gasteiger partial charge on any atom is -0.381 e. The maximum absolute atomic E-state index is 14.2. The monoisotopic (exact) mass is 323 g/mol. The van der Waals surface area contributed by atoms with Gasteiger partial charge in [0.2, 0.25) is 0 Å². The van der Waals surface area contributed by atoms with Gasteiger partial charge < -0.3 is 20.3 Å². The lowest BCUT2D eigenvalue weighted by Gasteiger charge is -2.23. The number of benzene rings is 1. The molecule has 1 aromatic carbocycles. The summed E-state index contributed by atoms with van der Waals surface area (Å²) in [7, 11) is 0. The zero-order chi connectivity index (χ0) is 16.7. The molecule has 6 heteroatoms. The van der Waals surface area contributed by atoms with Gasteiger partial charge in [-0.15, -0.1) is 0 Å². The Morgan fingerprint density at radius 2 is 2.00 bits per heavy atom. The molecule has 1 aliphatic heterocycles. The Morgan fingerprint density at radius 3 is 2.61 bits per heavy atom. The van der Waals surface area contributed by atoms with Gasteiger partial charge >= 0.3 is 6.03 Å². The molecule has 0 atom stereocenters. The average molecular weight is 323 g/mol.